The van der Waals surface area contributed by atoms with Crippen molar-refractivity contribution in [2.45, 2.75) is 0 Å². The molecule has 0 saturated heterocycles. The second-order valence-electron chi connectivity index (χ2n) is 2.22. The lowest BCUT2D eigenvalue weighted by Gasteiger charge is -2.01. The summed E-state index contributed by atoms with van der Waals surface area (Å²) in [5, 5.41) is 16.3. The van der Waals surface area contributed by atoms with Crippen molar-refractivity contribution in [3.63, 3.8) is 0 Å². The standard InChI is InChI=1S/C9H8ClNO/c10-9(11)7-5-3-1-2-4-6-8(7)12/h1-6,11-12H/b2-1?,3-1-,4-2-,5-3?,6-4?,7-5?,8-6?,8-7?,11-9?. The Morgan fingerprint density at radius 1 is 1.17 bits per heavy atom. The molecule has 1 aliphatic rings. The molecule has 0 fully saturated rings. The van der Waals surface area contributed by atoms with E-state index in [4.69, 9.17) is 17.0 Å². The van der Waals surface area contributed by atoms with Gasteiger partial charge in [-0.15, -0.1) is 0 Å². The van der Waals surface area contributed by atoms with E-state index in [-0.39, 0.29) is 10.9 Å². The van der Waals surface area contributed by atoms with Crippen LogP contribution in [0.25, 0.3) is 0 Å². The molecule has 0 heterocycles. The molecule has 0 aromatic carbocycles. The topological polar surface area (TPSA) is 44.1 Å². The number of hydrogen-bond donors (Lipinski definition) is 2. The Balaban J connectivity index is 3.03. The molecule has 0 aromatic rings. The van der Waals surface area contributed by atoms with Crippen LogP contribution >= 0.6 is 11.6 Å². The fourth-order valence-electron chi connectivity index (χ4n) is 0.788. The summed E-state index contributed by atoms with van der Waals surface area (Å²) in [4.78, 5) is 0. The zero-order chi connectivity index (χ0) is 8.97. The summed E-state index contributed by atoms with van der Waals surface area (Å²) in [6.07, 6.45) is 10.0. The van der Waals surface area contributed by atoms with Gasteiger partial charge in [0.25, 0.3) is 0 Å². The van der Waals surface area contributed by atoms with Gasteiger partial charge in [-0.05, 0) is 12.2 Å². The third-order valence-corrected chi connectivity index (χ3v) is 1.57. The van der Waals surface area contributed by atoms with Crippen LogP contribution in [0.15, 0.2) is 47.8 Å². The zero-order valence-electron chi connectivity index (χ0n) is 6.29. The van der Waals surface area contributed by atoms with Gasteiger partial charge >= 0.3 is 0 Å². The number of nitrogens with one attached hydrogen (secondary N) is 1. The monoisotopic (exact) mass is 181 g/mol. The molecule has 0 bridgehead atoms. The quantitative estimate of drug-likeness (QED) is 0.601. The zero-order valence-corrected chi connectivity index (χ0v) is 7.05. The maximum absolute atomic E-state index is 9.33. The molecule has 0 spiro atoms. The third kappa shape index (κ3) is 2.10. The molecule has 12 heavy (non-hydrogen) atoms. The highest BCUT2D eigenvalue weighted by Gasteiger charge is 2.05. The molecule has 62 valence electrons. The maximum atomic E-state index is 9.33. The van der Waals surface area contributed by atoms with Crippen molar-refractivity contribution < 1.29 is 5.11 Å². The van der Waals surface area contributed by atoms with E-state index in [1.165, 1.54) is 6.08 Å². The van der Waals surface area contributed by atoms with Crippen molar-refractivity contribution in [2.24, 2.45) is 0 Å². The van der Waals surface area contributed by atoms with Gasteiger partial charge in [0.05, 0.1) is 5.57 Å². The van der Waals surface area contributed by atoms with Gasteiger partial charge in [-0.2, -0.15) is 0 Å². The average Bonchev–Trinajstić information content (AvgIpc) is 1.96. The first kappa shape index (κ1) is 8.81. The fourth-order valence-corrected chi connectivity index (χ4v) is 0.947. The second-order valence-corrected chi connectivity index (χ2v) is 2.59. The summed E-state index contributed by atoms with van der Waals surface area (Å²) in [6, 6.07) is 0. The first-order valence-corrected chi connectivity index (χ1v) is 3.78. The van der Waals surface area contributed by atoms with E-state index >= 15 is 0 Å². The normalized spacial score (nSPS) is 21.4. The van der Waals surface area contributed by atoms with Gasteiger partial charge in [0.2, 0.25) is 0 Å². The van der Waals surface area contributed by atoms with E-state index < -0.39 is 0 Å². The Morgan fingerprint density at radius 2 is 1.75 bits per heavy atom. The molecule has 1 aliphatic carbocycles. The van der Waals surface area contributed by atoms with Gasteiger partial charge in [-0.25, -0.2) is 0 Å². The molecule has 2 nitrogen and oxygen atoms in total. The lowest BCUT2D eigenvalue weighted by molar-refractivity contribution is 0.428. The molecule has 0 aliphatic heterocycles. The van der Waals surface area contributed by atoms with Crippen LogP contribution in [0.4, 0.5) is 0 Å². The van der Waals surface area contributed by atoms with E-state index in [0.717, 1.165) is 0 Å². The van der Waals surface area contributed by atoms with Crippen molar-refractivity contribution in [1.29, 1.82) is 5.41 Å². The molecule has 0 aromatic heterocycles. The summed E-state index contributed by atoms with van der Waals surface area (Å²) < 4.78 is 0. The number of halogens is 1. The van der Waals surface area contributed by atoms with Crippen LogP contribution < -0.4 is 0 Å². The number of hydrogen-bond acceptors (Lipinski definition) is 2. The minimum absolute atomic E-state index is 0.00981. The number of allylic oxidation sites excluding steroid dienone is 7. The predicted octanol–water partition coefficient (Wildman–Crippen LogP) is 2.70. The Kier molecular flexibility index (Phi) is 2.88. The summed E-state index contributed by atoms with van der Waals surface area (Å²) in [5.41, 5.74) is 0.331. The van der Waals surface area contributed by atoms with E-state index in [1.54, 1.807) is 30.4 Å². The molecule has 1 rings (SSSR count). The summed E-state index contributed by atoms with van der Waals surface area (Å²) >= 11 is 5.43. The Bertz CT molecular complexity index is 310. The van der Waals surface area contributed by atoms with Gasteiger partial charge in [-0.3, -0.25) is 5.41 Å². The highest BCUT2D eigenvalue weighted by Crippen LogP contribution is 2.12. The minimum Gasteiger partial charge on any atom is -0.507 e. The third-order valence-electron chi connectivity index (χ3n) is 1.36. The molecular weight excluding hydrogens is 174 g/mol. The van der Waals surface area contributed by atoms with Crippen molar-refractivity contribution in [1.82, 2.24) is 0 Å². The van der Waals surface area contributed by atoms with Crippen LogP contribution in [0.2, 0.25) is 0 Å². The molecule has 3 heteroatoms. The lowest BCUT2D eigenvalue weighted by Crippen LogP contribution is -1.96. The molecule has 0 unspecified atom stereocenters. The maximum Gasteiger partial charge on any atom is 0.131 e. The number of aliphatic hydroxyl groups is 1. The molecule has 0 saturated carbocycles. The van der Waals surface area contributed by atoms with Crippen molar-refractivity contribution in [2.75, 3.05) is 0 Å². The first-order chi connectivity index (χ1) is 5.72. The Hall–Kier alpha value is -1.28. The summed E-state index contributed by atoms with van der Waals surface area (Å²) in [5.74, 6) is 0.00981. The van der Waals surface area contributed by atoms with Crippen LogP contribution in [-0.2, 0) is 0 Å². The second kappa shape index (κ2) is 3.93. The highest BCUT2D eigenvalue weighted by molar-refractivity contribution is 6.69. The van der Waals surface area contributed by atoms with Crippen LogP contribution in [0.3, 0.4) is 0 Å². The van der Waals surface area contributed by atoms with Gasteiger partial charge < -0.3 is 5.11 Å². The summed E-state index contributed by atoms with van der Waals surface area (Å²) in [7, 11) is 0. The van der Waals surface area contributed by atoms with E-state index in [1.807, 2.05) is 0 Å². The van der Waals surface area contributed by atoms with Crippen molar-refractivity contribution in [3.05, 3.63) is 47.8 Å². The molecule has 0 atom stereocenters. The first-order valence-electron chi connectivity index (χ1n) is 3.41. The predicted molar refractivity (Wildman–Crippen MR) is 50.7 cm³/mol. The van der Waals surface area contributed by atoms with Crippen LogP contribution in [0.5, 0.6) is 0 Å². The highest BCUT2D eigenvalue weighted by atomic mass is 35.5. The Morgan fingerprint density at radius 3 is 2.33 bits per heavy atom. The molecule has 0 amide bonds. The fraction of sp³-hybridized carbons (Fsp3) is 0. The Labute approximate surface area is 75.7 Å². The number of aliphatic hydroxyl groups excluding tert-OH is 1. The van der Waals surface area contributed by atoms with E-state index in [9.17, 15) is 5.11 Å². The van der Waals surface area contributed by atoms with Gasteiger partial charge in [0.15, 0.2) is 0 Å². The largest absolute Gasteiger partial charge is 0.507 e. The average molecular weight is 182 g/mol. The smallest absolute Gasteiger partial charge is 0.131 e. The van der Waals surface area contributed by atoms with Crippen molar-refractivity contribution in [3.8, 4) is 0 Å². The molecule has 0 radical (unpaired) electrons. The lowest BCUT2D eigenvalue weighted by atomic mass is 10.1. The van der Waals surface area contributed by atoms with Crippen LogP contribution in [0, 0.1) is 5.41 Å². The van der Waals surface area contributed by atoms with E-state index in [0.29, 0.717) is 5.57 Å². The van der Waals surface area contributed by atoms with Crippen molar-refractivity contribution >= 4 is 16.8 Å². The van der Waals surface area contributed by atoms with Gasteiger partial charge in [-0.1, -0.05) is 35.9 Å². The van der Waals surface area contributed by atoms with E-state index in [2.05, 4.69) is 0 Å². The summed E-state index contributed by atoms with van der Waals surface area (Å²) in [6.45, 7) is 0. The molecule has 2 N–H and O–H groups in total. The minimum atomic E-state index is -0.163. The van der Waals surface area contributed by atoms with Gasteiger partial charge in [0.1, 0.15) is 10.9 Å². The van der Waals surface area contributed by atoms with Gasteiger partial charge in [0, 0.05) is 0 Å². The SMILES string of the molecule is N=C(Cl)C1=C/C=C\C=C/C=C1O. The van der Waals surface area contributed by atoms with Crippen LogP contribution in [0.1, 0.15) is 0 Å². The molecular formula is C9H8ClNO. The van der Waals surface area contributed by atoms with Crippen LogP contribution in [-0.4, -0.2) is 10.3 Å². The number of rotatable bonds is 1.